The van der Waals surface area contributed by atoms with Gasteiger partial charge in [0.2, 0.25) is 11.8 Å². The topological polar surface area (TPSA) is 49.7 Å². The summed E-state index contributed by atoms with van der Waals surface area (Å²) in [5.74, 6) is -1.54. The van der Waals surface area contributed by atoms with Gasteiger partial charge in [0.15, 0.2) is 0 Å². The summed E-state index contributed by atoms with van der Waals surface area (Å²) in [5, 5.41) is 0. The van der Waals surface area contributed by atoms with E-state index < -0.39 is 17.3 Å². The van der Waals surface area contributed by atoms with Crippen LogP contribution < -0.4 is 4.90 Å². The lowest BCUT2D eigenvalue weighted by Crippen LogP contribution is -2.54. The summed E-state index contributed by atoms with van der Waals surface area (Å²) >= 11 is 3.55. The van der Waals surface area contributed by atoms with Gasteiger partial charge in [-0.05, 0) is 65.9 Å². The summed E-state index contributed by atoms with van der Waals surface area (Å²) in [6.07, 6.45) is 1.94. The van der Waals surface area contributed by atoms with Crippen LogP contribution in [-0.2, 0) is 15.0 Å². The normalized spacial score (nSPS) is 25.0. The molecule has 0 saturated carbocycles. The van der Waals surface area contributed by atoms with Gasteiger partial charge in [-0.25, -0.2) is 4.90 Å². The van der Waals surface area contributed by atoms with Gasteiger partial charge in [0.05, 0.1) is 28.6 Å². The summed E-state index contributed by atoms with van der Waals surface area (Å²) in [6, 6.07) is 30.3. The molecule has 2 amide bonds. The molecule has 1 aliphatic heterocycles. The Morgan fingerprint density at radius 2 is 1.50 bits per heavy atom. The van der Waals surface area contributed by atoms with Crippen LogP contribution in [0, 0.1) is 25.7 Å². The maximum Gasteiger partial charge on any atom is 0.239 e. The van der Waals surface area contributed by atoms with E-state index in [1.54, 1.807) is 0 Å². The number of anilines is 1. The molecule has 0 N–H and O–H groups in total. The van der Waals surface area contributed by atoms with Crippen molar-refractivity contribution in [2.75, 3.05) is 4.90 Å². The van der Waals surface area contributed by atoms with Crippen LogP contribution in [-0.4, -0.2) is 18.0 Å². The van der Waals surface area contributed by atoms with Crippen LogP contribution in [0.3, 0.4) is 0 Å². The number of nitrogens with zero attached hydrogens (tertiary/aromatic N) is 2. The second kappa shape index (κ2) is 8.34. The SMILES string of the molecule is Cc1ccc(N2C(=O)[C@@H]3C4c5ccccc5C(C=Nc5cccc(Br)c5)(c5ccccc54)[C@H]3C2=O)c(C)c1. The van der Waals surface area contributed by atoms with Gasteiger partial charge < -0.3 is 0 Å². The molecular formula is C33H25BrN2O2. The van der Waals surface area contributed by atoms with Gasteiger partial charge in [0.25, 0.3) is 0 Å². The number of hydrogen-bond acceptors (Lipinski definition) is 3. The highest BCUT2D eigenvalue weighted by atomic mass is 79.9. The van der Waals surface area contributed by atoms with E-state index in [0.29, 0.717) is 5.69 Å². The van der Waals surface area contributed by atoms with Crippen LogP contribution in [0.15, 0.2) is 100 Å². The van der Waals surface area contributed by atoms with Crippen LogP contribution in [0.1, 0.15) is 39.3 Å². The van der Waals surface area contributed by atoms with E-state index in [4.69, 9.17) is 4.99 Å². The second-order valence-corrected chi connectivity index (χ2v) is 11.5. The van der Waals surface area contributed by atoms with Crippen molar-refractivity contribution in [1.82, 2.24) is 0 Å². The number of aliphatic imine (C=N–C) groups is 1. The van der Waals surface area contributed by atoms with Crippen molar-refractivity contribution in [2.24, 2.45) is 16.8 Å². The minimum Gasteiger partial charge on any atom is -0.274 e. The highest BCUT2D eigenvalue weighted by Crippen LogP contribution is 2.63. The average Bonchev–Trinajstić information content (AvgIpc) is 3.18. The summed E-state index contributed by atoms with van der Waals surface area (Å²) < 4.78 is 0.934. The number of halogens is 1. The lowest BCUT2D eigenvalue weighted by atomic mass is 9.47. The summed E-state index contributed by atoms with van der Waals surface area (Å²) in [4.78, 5) is 35.2. The molecule has 4 aromatic rings. The predicted octanol–water partition coefficient (Wildman–Crippen LogP) is 7.02. The van der Waals surface area contributed by atoms with Gasteiger partial charge in [-0.1, -0.05) is 88.2 Å². The molecule has 186 valence electrons. The number of imide groups is 1. The van der Waals surface area contributed by atoms with Crippen molar-refractivity contribution in [3.63, 3.8) is 0 Å². The lowest BCUT2D eigenvalue weighted by Gasteiger charge is -2.52. The smallest absolute Gasteiger partial charge is 0.239 e. The molecule has 0 spiro atoms. The highest BCUT2D eigenvalue weighted by Gasteiger charge is 2.68. The molecule has 4 nitrogen and oxygen atoms in total. The Kier molecular flexibility index (Phi) is 5.11. The molecule has 1 heterocycles. The van der Waals surface area contributed by atoms with Gasteiger partial charge in [0.1, 0.15) is 0 Å². The first kappa shape index (κ1) is 23.3. The van der Waals surface area contributed by atoms with Gasteiger partial charge in [-0.15, -0.1) is 0 Å². The van der Waals surface area contributed by atoms with Crippen molar-refractivity contribution in [3.8, 4) is 0 Å². The molecule has 0 unspecified atom stereocenters. The number of benzene rings is 4. The van der Waals surface area contributed by atoms with E-state index in [2.05, 4.69) is 40.2 Å². The number of amides is 2. The fourth-order valence-corrected chi connectivity index (χ4v) is 7.46. The average molecular weight is 561 g/mol. The lowest BCUT2D eigenvalue weighted by molar-refractivity contribution is -0.122. The molecule has 3 aliphatic carbocycles. The van der Waals surface area contributed by atoms with Crippen molar-refractivity contribution < 1.29 is 9.59 Å². The van der Waals surface area contributed by atoms with E-state index in [9.17, 15) is 9.59 Å². The Bertz CT molecular complexity index is 1640. The molecule has 38 heavy (non-hydrogen) atoms. The Morgan fingerprint density at radius 3 is 2.16 bits per heavy atom. The van der Waals surface area contributed by atoms with Crippen LogP contribution in [0.5, 0.6) is 0 Å². The first-order chi connectivity index (χ1) is 18.4. The standard InChI is InChI=1S/C33H25BrN2O2/c1-19-14-15-27(20(2)16-19)36-31(37)29-28-23-10-3-5-12-25(23)33(30(29)32(36)38,26-13-6-4-11-24(26)28)18-35-22-9-7-8-21(34)17-22/h3-18,28-30H,1-2H3/t28?,29-,30-,33?/m1/s1. The molecule has 1 saturated heterocycles. The Hall–Kier alpha value is -3.83. The third-order valence-electron chi connectivity index (χ3n) is 8.50. The van der Waals surface area contributed by atoms with Crippen molar-refractivity contribution in [3.05, 3.63) is 129 Å². The van der Waals surface area contributed by atoms with E-state index in [1.807, 2.05) is 86.8 Å². The molecular weight excluding hydrogens is 536 g/mol. The van der Waals surface area contributed by atoms with Crippen molar-refractivity contribution >= 4 is 45.3 Å². The maximum atomic E-state index is 14.5. The van der Waals surface area contributed by atoms with E-state index in [0.717, 1.165) is 43.5 Å². The quantitative estimate of drug-likeness (QED) is 0.199. The van der Waals surface area contributed by atoms with Crippen LogP contribution in [0.2, 0.25) is 0 Å². The first-order valence-electron chi connectivity index (χ1n) is 12.9. The van der Waals surface area contributed by atoms with Crippen LogP contribution >= 0.6 is 15.9 Å². The number of aryl methyl sites for hydroxylation is 2. The summed E-state index contributed by atoms with van der Waals surface area (Å²) in [5.41, 5.74) is 6.95. The van der Waals surface area contributed by atoms with Crippen LogP contribution in [0.4, 0.5) is 11.4 Å². The summed E-state index contributed by atoms with van der Waals surface area (Å²) in [7, 11) is 0. The molecule has 5 heteroatoms. The molecule has 2 bridgehead atoms. The van der Waals surface area contributed by atoms with Crippen molar-refractivity contribution in [1.29, 1.82) is 0 Å². The van der Waals surface area contributed by atoms with Gasteiger partial charge in [0, 0.05) is 16.6 Å². The molecule has 8 rings (SSSR count). The Morgan fingerprint density at radius 1 is 0.816 bits per heavy atom. The first-order valence-corrected chi connectivity index (χ1v) is 13.7. The van der Waals surface area contributed by atoms with E-state index in [1.165, 1.54) is 4.90 Å². The number of carbonyl (C=O) groups is 2. The number of rotatable bonds is 3. The minimum absolute atomic E-state index is 0.124. The van der Waals surface area contributed by atoms with E-state index in [-0.39, 0.29) is 17.7 Å². The maximum absolute atomic E-state index is 14.5. The van der Waals surface area contributed by atoms with Gasteiger partial charge in [-0.3, -0.25) is 14.6 Å². The fourth-order valence-electron chi connectivity index (χ4n) is 7.08. The Balaban J connectivity index is 1.51. The van der Waals surface area contributed by atoms with Crippen LogP contribution in [0.25, 0.3) is 0 Å². The van der Waals surface area contributed by atoms with Crippen molar-refractivity contribution in [2.45, 2.75) is 25.2 Å². The monoisotopic (exact) mass is 560 g/mol. The largest absolute Gasteiger partial charge is 0.274 e. The minimum atomic E-state index is -0.866. The Labute approximate surface area is 230 Å². The molecule has 4 aliphatic rings. The van der Waals surface area contributed by atoms with Gasteiger partial charge >= 0.3 is 0 Å². The zero-order valence-corrected chi connectivity index (χ0v) is 22.6. The summed E-state index contributed by atoms with van der Waals surface area (Å²) in [6.45, 7) is 3.98. The molecule has 1 fully saturated rings. The third-order valence-corrected chi connectivity index (χ3v) is 9.00. The fraction of sp³-hybridized carbons (Fsp3) is 0.182. The molecule has 0 aromatic heterocycles. The predicted molar refractivity (Wildman–Crippen MR) is 153 cm³/mol. The number of carbonyl (C=O) groups excluding carboxylic acids is 2. The zero-order valence-electron chi connectivity index (χ0n) is 21.1. The zero-order chi connectivity index (χ0) is 26.2. The third kappa shape index (κ3) is 3.05. The molecule has 0 radical (unpaired) electrons. The highest BCUT2D eigenvalue weighted by molar-refractivity contribution is 9.10. The van der Waals surface area contributed by atoms with Gasteiger partial charge in [-0.2, -0.15) is 0 Å². The number of hydrogen-bond donors (Lipinski definition) is 0. The second-order valence-electron chi connectivity index (χ2n) is 10.6. The van der Waals surface area contributed by atoms with E-state index >= 15 is 0 Å². The molecule has 4 aromatic carbocycles. The molecule has 2 atom stereocenters.